The van der Waals surface area contributed by atoms with Gasteiger partial charge in [-0.05, 0) is 48.7 Å². The van der Waals surface area contributed by atoms with Gasteiger partial charge in [-0.3, -0.25) is 9.10 Å². The zero-order valence-corrected chi connectivity index (χ0v) is 19.3. The monoisotopic (exact) mass is 452 g/mol. The van der Waals surface area contributed by atoms with Crippen molar-refractivity contribution in [3.8, 4) is 5.75 Å². The van der Waals surface area contributed by atoms with Crippen LogP contribution in [-0.2, 0) is 14.8 Å². The number of ether oxygens (including phenoxy) is 1. The van der Waals surface area contributed by atoms with E-state index in [1.54, 1.807) is 37.3 Å². The molecule has 1 N–H and O–H groups in total. The van der Waals surface area contributed by atoms with Crippen LogP contribution in [0, 0.1) is 0 Å². The molecule has 0 aromatic heterocycles. The van der Waals surface area contributed by atoms with Crippen LogP contribution in [0.3, 0.4) is 0 Å². The maximum atomic E-state index is 13.3. The lowest BCUT2D eigenvalue weighted by Crippen LogP contribution is -2.30. The fourth-order valence-electron chi connectivity index (χ4n) is 3.54. The van der Waals surface area contributed by atoms with Gasteiger partial charge in [0.2, 0.25) is 5.91 Å². The van der Waals surface area contributed by atoms with E-state index in [0.29, 0.717) is 17.1 Å². The molecule has 1 unspecified atom stereocenters. The maximum Gasteiger partial charge on any atom is 0.264 e. The second kappa shape index (κ2) is 10.3. The summed E-state index contributed by atoms with van der Waals surface area (Å²) < 4.78 is 33.4. The summed E-state index contributed by atoms with van der Waals surface area (Å²) in [5.74, 6) is 0.194. The zero-order valence-electron chi connectivity index (χ0n) is 18.5. The van der Waals surface area contributed by atoms with Crippen LogP contribution in [0.5, 0.6) is 5.75 Å². The zero-order chi connectivity index (χ0) is 23.1. The molecule has 6 nitrogen and oxygen atoms in total. The highest BCUT2D eigenvalue weighted by Gasteiger charge is 2.25. The number of sulfonamides is 1. The van der Waals surface area contributed by atoms with Crippen molar-refractivity contribution in [1.82, 2.24) is 0 Å². The summed E-state index contributed by atoms with van der Waals surface area (Å²) in [5.41, 5.74) is 1.96. The Morgan fingerprint density at radius 3 is 2.22 bits per heavy atom. The molecule has 0 aliphatic rings. The molecule has 0 bridgehead atoms. The summed E-state index contributed by atoms with van der Waals surface area (Å²) in [4.78, 5) is 12.8. The third kappa shape index (κ3) is 5.29. The molecule has 0 heterocycles. The van der Waals surface area contributed by atoms with Crippen molar-refractivity contribution in [2.45, 2.75) is 31.1 Å². The van der Waals surface area contributed by atoms with Gasteiger partial charge >= 0.3 is 0 Å². The first-order valence-corrected chi connectivity index (χ1v) is 11.9. The van der Waals surface area contributed by atoms with E-state index in [2.05, 4.69) is 5.32 Å². The minimum absolute atomic E-state index is 0.0165. The average molecular weight is 453 g/mol. The number of hydrogen-bond acceptors (Lipinski definition) is 4. The molecule has 0 saturated heterocycles. The molecular weight excluding hydrogens is 424 g/mol. The van der Waals surface area contributed by atoms with Crippen LogP contribution in [0.2, 0.25) is 0 Å². The molecule has 0 aliphatic heterocycles. The van der Waals surface area contributed by atoms with Gasteiger partial charge < -0.3 is 10.1 Å². The lowest BCUT2D eigenvalue weighted by molar-refractivity contribution is -0.116. The minimum atomic E-state index is -3.83. The Hall–Kier alpha value is -3.32. The van der Waals surface area contributed by atoms with E-state index >= 15 is 0 Å². The molecule has 0 spiro atoms. The second-order valence-electron chi connectivity index (χ2n) is 7.43. The van der Waals surface area contributed by atoms with Crippen LogP contribution in [-0.4, -0.2) is 28.0 Å². The fraction of sp³-hybridized carbons (Fsp3) is 0.240. The van der Waals surface area contributed by atoms with Gasteiger partial charge in [-0.25, -0.2) is 8.42 Å². The van der Waals surface area contributed by atoms with Gasteiger partial charge in [-0.1, -0.05) is 55.5 Å². The third-order valence-corrected chi connectivity index (χ3v) is 7.12. The normalized spacial score (nSPS) is 12.1. The van der Waals surface area contributed by atoms with E-state index in [1.165, 1.54) is 23.5 Å². The van der Waals surface area contributed by atoms with Crippen LogP contribution >= 0.6 is 0 Å². The first-order chi connectivity index (χ1) is 15.4. The van der Waals surface area contributed by atoms with Crippen LogP contribution in [0.4, 0.5) is 11.4 Å². The predicted octanol–water partition coefficient (Wildman–Crippen LogP) is 5.04. The Kier molecular flexibility index (Phi) is 7.53. The van der Waals surface area contributed by atoms with Crippen LogP contribution in [0.1, 0.15) is 31.7 Å². The fourth-order valence-corrected chi connectivity index (χ4v) is 5.04. The summed E-state index contributed by atoms with van der Waals surface area (Å²) in [7, 11) is -2.35. The molecule has 32 heavy (non-hydrogen) atoms. The number of benzene rings is 3. The van der Waals surface area contributed by atoms with E-state index in [1.807, 2.05) is 43.3 Å². The Labute approximate surface area is 189 Å². The molecule has 3 aromatic rings. The number of carbonyl (C=O) groups excluding carboxylic acids is 1. The van der Waals surface area contributed by atoms with E-state index in [0.717, 1.165) is 5.56 Å². The molecule has 0 radical (unpaired) electrons. The SMILES string of the molecule is CCN(c1ccccc1)S(=O)(=O)c1ccc(OC)c(NC(=O)CC(C)c2ccccc2)c1. The van der Waals surface area contributed by atoms with Crippen molar-refractivity contribution in [3.05, 3.63) is 84.4 Å². The quantitative estimate of drug-likeness (QED) is 0.493. The Morgan fingerprint density at radius 1 is 1.00 bits per heavy atom. The van der Waals surface area contributed by atoms with E-state index in [4.69, 9.17) is 4.74 Å². The molecule has 0 fully saturated rings. The number of amides is 1. The van der Waals surface area contributed by atoms with Gasteiger partial charge in [0.05, 0.1) is 23.4 Å². The smallest absolute Gasteiger partial charge is 0.264 e. The summed E-state index contributed by atoms with van der Waals surface area (Å²) in [6.07, 6.45) is 0.259. The summed E-state index contributed by atoms with van der Waals surface area (Å²) in [6, 6.07) is 23.2. The largest absolute Gasteiger partial charge is 0.495 e. The number of para-hydroxylation sites is 1. The standard InChI is InChI=1S/C25H28N2O4S/c1-4-27(21-13-9-6-10-14-21)32(29,30)22-15-16-24(31-3)23(18-22)26-25(28)17-19(2)20-11-7-5-8-12-20/h5-16,18-19H,4,17H2,1-3H3,(H,26,28). The lowest BCUT2D eigenvalue weighted by atomic mass is 9.97. The van der Waals surface area contributed by atoms with Crippen LogP contribution in [0.15, 0.2) is 83.8 Å². The number of methoxy groups -OCH3 is 1. The van der Waals surface area contributed by atoms with Crippen LogP contribution in [0.25, 0.3) is 0 Å². The van der Waals surface area contributed by atoms with Gasteiger partial charge in [-0.15, -0.1) is 0 Å². The van der Waals surface area contributed by atoms with Crippen molar-refractivity contribution in [2.75, 3.05) is 23.3 Å². The highest BCUT2D eigenvalue weighted by atomic mass is 32.2. The van der Waals surface area contributed by atoms with Gasteiger partial charge in [0.1, 0.15) is 5.75 Å². The molecule has 1 atom stereocenters. The van der Waals surface area contributed by atoms with Crippen molar-refractivity contribution in [1.29, 1.82) is 0 Å². The van der Waals surface area contributed by atoms with Gasteiger partial charge in [0.15, 0.2) is 0 Å². The number of nitrogens with zero attached hydrogens (tertiary/aromatic N) is 1. The summed E-state index contributed by atoms with van der Waals surface area (Å²) in [5, 5.41) is 2.82. The number of anilines is 2. The number of hydrogen-bond donors (Lipinski definition) is 1. The number of nitrogens with one attached hydrogen (secondary N) is 1. The average Bonchev–Trinajstić information content (AvgIpc) is 2.80. The molecule has 0 saturated carbocycles. The molecule has 0 aliphatic carbocycles. The van der Waals surface area contributed by atoms with E-state index < -0.39 is 10.0 Å². The second-order valence-corrected chi connectivity index (χ2v) is 9.29. The number of carbonyl (C=O) groups is 1. The third-order valence-electron chi connectivity index (χ3n) is 5.22. The van der Waals surface area contributed by atoms with Gasteiger partial charge in [0.25, 0.3) is 10.0 Å². The topological polar surface area (TPSA) is 75.7 Å². The Bertz CT molecular complexity index is 1150. The molecular formula is C25H28N2O4S. The summed E-state index contributed by atoms with van der Waals surface area (Å²) >= 11 is 0. The van der Waals surface area contributed by atoms with Gasteiger partial charge in [0, 0.05) is 13.0 Å². The van der Waals surface area contributed by atoms with Crippen molar-refractivity contribution in [2.24, 2.45) is 0 Å². The Morgan fingerprint density at radius 2 is 1.62 bits per heavy atom. The first-order valence-electron chi connectivity index (χ1n) is 10.5. The molecule has 3 rings (SSSR count). The van der Waals surface area contributed by atoms with Crippen LogP contribution < -0.4 is 14.4 Å². The molecule has 1 amide bonds. The highest BCUT2D eigenvalue weighted by Crippen LogP contribution is 2.31. The predicted molar refractivity (Wildman–Crippen MR) is 128 cm³/mol. The van der Waals surface area contributed by atoms with Crippen molar-refractivity contribution in [3.63, 3.8) is 0 Å². The van der Waals surface area contributed by atoms with E-state index in [-0.39, 0.29) is 29.7 Å². The van der Waals surface area contributed by atoms with Gasteiger partial charge in [-0.2, -0.15) is 0 Å². The number of rotatable bonds is 9. The highest BCUT2D eigenvalue weighted by molar-refractivity contribution is 7.92. The minimum Gasteiger partial charge on any atom is -0.495 e. The van der Waals surface area contributed by atoms with Crippen molar-refractivity contribution >= 4 is 27.3 Å². The molecule has 168 valence electrons. The van der Waals surface area contributed by atoms with Crippen molar-refractivity contribution < 1.29 is 17.9 Å². The lowest BCUT2D eigenvalue weighted by Gasteiger charge is -2.23. The molecule has 7 heteroatoms. The molecule has 3 aromatic carbocycles. The van der Waals surface area contributed by atoms with E-state index in [9.17, 15) is 13.2 Å². The first kappa shape index (κ1) is 23.3. The maximum absolute atomic E-state index is 13.3. The summed E-state index contributed by atoms with van der Waals surface area (Å²) in [6.45, 7) is 4.03. The Balaban J connectivity index is 1.85.